The van der Waals surface area contributed by atoms with Crippen molar-refractivity contribution in [2.45, 2.75) is 24.9 Å². The third-order valence-corrected chi connectivity index (χ3v) is 5.28. The van der Waals surface area contributed by atoms with Crippen molar-refractivity contribution in [2.75, 3.05) is 41.0 Å². The van der Waals surface area contributed by atoms with Crippen LogP contribution in [-0.2, 0) is 18.4 Å². The molecule has 0 amide bonds. The lowest BCUT2D eigenvalue weighted by Gasteiger charge is -2.40. The van der Waals surface area contributed by atoms with E-state index in [2.05, 4.69) is 0 Å². The molecular weight excluding hydrogens is 305 g/mol. The summed E-state index contributed by atoms with van der Waals surface area (Å²) >= 11 is 0. The Morgan fingerprint density at radius 2 is 1.86 bits per heavy atom. The largest absolute Gasteiger partial charge is 0.474 e. The molecule has 0 saturated carbocycles. The molecule has 0 aromatic carbocycles. The van der Waals surface area contributed by atoms with Gasteiger partial charge in [0.15, 0.2) is 0 Å². The van der Waals surface area contributed by atoms with E-state index in [-0.39, 0.29) is 6.61 Å². The van der Waals surface area contributed by atoms with Crippen molar-refractivity contribution < 1.29 is 43.3 Å². The van der Waals surface area contributed by atoms with E-state index in [9.17, 15) is 24.7 Å². The van der Waals surface area contributed by atoms with E-state index in [4.69, 9.17) is 14.2 Å². The summed E-state index contributed by atoms with van der Waals surface area (Å²) in [6.45, 7) is 0.317. The van der Waals surface area contributed by atoms with E-state index >= 15 is 0 Å². The highest BCUT2D eigenvalue weighted by atomic mass is 31.2. The average molecular weight is 330 g/mol. The molecule has 0 rings (SSSR count). The van der Waals surface area contributed by atoms with Crippen LogP contribution in [0.25, 0.3) is 0 Å². The number of carbonyl (C=O) groups is 1. The normalized spacial score (nSPS) is 19.6. The van der Waals surface area contributed by atoms with Crippen LogP contribution in [0.4, 0.5) is 0 Å². The molecular formula is C11H25NO8P+. The first-order valence-electron chi connectivity index (χ1n) is 6.41. The Bertz CT molecular complexity index is 396. The molecule has 0 heterocycles. The lowest BCUT2D eigenvalue weighted by molar-refractivity contribution is -0.923. The number of carboxylic acid groups (broad SMARTS) is 1. The summed E-state index contributed by atoms with van der Waals surface area (Å²) in [5.74, 6) is -1.77. The zero-order chi connectivity index (χ0) is 16.9. The molecule has 0 aliphatic heterocycles. The fourth-order valence-corrected chi connectivity index (χ4v) is 3.63. The summed E-state index contributed by atoms with van der Waals surface area (Å²) in [5, 5.41) is 37.8. The summed E-state index contributed by atoms with van der Waals surface area (Å²) < 4.78 is 22.1. The van der Waals surface area contributed by atoms with Gasteiger partial charge in [0.25, 0.3) is 0 Å². The van der Waals surface area contributed by atoms with Gasteiger partial charge in [-0.2, -0.15) is 0 Å². The quantitative estimate of drug-likeness (QED) is 0.237. The van der Waals surface area contributed by atoms with Crippen molar-refractivity contribution in [2.24, 2.45) is 0 Å². The van der Waals surface area contributed by atoms with Gasteiger partial charge in [-0.15, -0.1) is 0 Å². The molecule has 0 aliphatic rings. The van der Waals surface area contributed by atoms with E-state index in [1.54, 1.807) is 6.92 Å². The van der Waals surface area contributed by atoms with Crippen LogP contribution in [-0.4, -0.2) is 83.4 Å². The van der Waals surface area contributed by atoms with Gasteiger partial charge in [0, 0.05) is 0 Å². The Hall–Kier alpha value is -0.540. The monoisotopic (exact) mass is 330 g/mol. The van der Waals surface area contributed by atoms with Crippen molar-refractivity contribution in [3.63, 3.8) is 0 Å². The standard InChI is InChI=1S/C11H24NO8P/c1-5-6-19-21(18,20-8-9(14)7-13)11(17,10(15)16)12(2,3)4/h9,13-14,17H,5-8H2,1-4H3/p+1. The SMILES string of the molecule is CCCOP(=O)(OCC(O)CO)C(O)(C(=O)O)[N+](C)(C)C. The fourth-order valence-electron chi connectivity index (χ4n) is 1.44. The molecule has 0 saturated heterocycles. The van der Waals surface area contributed by atoms with E-state index in [0.717, 1.165) is 0 Å². The molecule has 0 aromatic heterocycles. The maximum absolute atomic E-state index is 12.8. The van der Waals surface area contributed by atoms with Crippen LogP contribution in [0.3, 0.4) is 0 Å². The van der Waals surface area contributed by atoms with E-state index in [1.807, 2.05) is 0 Å². The molecule has 10 heteroatoms. The molecule has 126 valence electrons. The van der Waals surface area contributed by atoms with Crippen LogP contribution in [0, 0.1) is 0 Å². The average Bonchev–Trinajstić information content (AvgIpc) is 2.39. The number of hydrogen-bond acceptors (Lipinski definition) is 7. The van der Waals surface area contributed by atoms with Gasteiger partial charge >= 0.3 is 19.0 Å². The van der Waals surface area contributed by atoms with Gasteiger partial charge in [-0.3, -0.25) is 9.01 Å². The number of hydrogen-bond donors (Lipinski definition) is 4. The number of aliphatic hydroxyl groups is 3. The molecule has 3 atom stereocenters. The maximum atomic E-state index is 12.8. The molecule has 0 aliphatic carbocycles. The summed E-state index contributed by atoms with van der Waals surface area (Å²) in [6.07, 6.45) is -0.947. The van der Waals surface area contributed by atoms with Crippen LogP contribution in [0.5, 0.6) is 0 Å². The van der Waals surface area contributed by atoms with Crippen LogP contribution in [0.15, 0.2) is 0 Å². The number of likely N-dealkylation sites (N-methyl/N-ethyl adjacent to an activating group) is 1. The van der Waals surface area contributed by atoms with Gasteiger partial charge in [-0.1, -0.05) is 6.92 Å². The Morgan fingerprint density at radius 3 is 2.19 bits per heavy atom. The molecule has 0 fully saturated rings. The molecule has 0 bridgehead atoms. The van der Waals surface area contributed by atoms with Crippen molar-refractivity contribution in [1.82, 2.24) is 0 Å². The van der Waals surface area contributed by atoms with Crippen LogP contribution in [0.2, 0.25) is 0 Å². The van der Waals surface area contributed by atoms with Gasteiger partial charge in [-0.25, -0.2) is 9.36 Å². The molecule has 3 unspecified atom stereocenters. The predicted octanol–water partition coefficient (Wildman–Crippen LogP) is -0.587. The smallest absolute Gasteiger partial charge is 0.433 e. The zero-order valence-electron chi connectivity index (χ0n) is 12.7. The zero-order valence-corrected chi connectivity index (χ0v) is 13.6. The minimum Gasteiger partial charge on any atom is -0.474 e. The minimum atomic E-state index is -4.55. The van der Waals surface area contributed by atoms with Crippen LogP contribution in [0.1, 0.15) is 13.3 Å². The third kappa shape index (κ3) is 4.46. The summed E-state index contributed by atoms with van der Waals surface area (Å²) in [6, 6.07) is 0. The number of rotatable bonds is 10. The first-order valence-corrected chi connectivity index (χ1v) is 7.96. The number of carboxylic acids is 1. The highest BCUT2D eigenvalue weighted by Gasteiger charge is 2.67. The van der Waals surface area contributed by atoms with Gasteiger partial charge in [0.2, 0.25) is 0 Å². The Morgan fingerprint density at radius 1 is 1.33 bits per heavy atom. The van der Waals surface area contributed by atoms with Gasteiger partial charge in [-0.05, 0) is 6.42 Å². The maximum Gasteiger partial charge on any atom is 0.433 e. The summed E-state index contributed by atoms with van der Waals surface area (Å²) in [5.41, 5.74) is -2.85. The highest BCUT2D eigenvalue weighted by Crippen LogP contribution is 2.61. The van der Waals surface area contributed by atoms with Crippen molar-refractivity contribution in [1.29, 1.82) is 0 Å². The Labute approximate surface area is 123 Å². The molecule has 0 spiro atoms. The van der Waals surface area contributed by atoms with Gasteiger partial charge < -0.3 is 24.9 Å². The summed E-state index contributed by atoms with van der Waals surface area (Å²) in [7, 11) is -0.581. The van der Waals surface area contributed by atoms with E-state index in [0.29, 0.717) is 6.42 Å². The second-order valence-corrected chi connectivity index (χ2v) is 7.55. The van der Waals surface area contributed by atoms with Crippen molar-refractivity contribution in [3.05, 3.63) is 0 Å². The van der Waals surface area contributed by atoms with Gasteiger partial charge in [0.05, 0.1) is 41.0 Å². The van der Waals surface area contributed by atoms with Crippen molar-refractivity contribution >= 4 is 13.6 Å². The highest BCUT2D eigenvalue weighted by molar-refractivity contribution is 7.56. The lowest BCUT2D eigenvalue weighted by Crippen LogP contribution is -2.62. The molecule has 21 heavy (non-hydrogen) atoms. The van der Waals surface area contributed by atoms with Crippen LogP contribution < -0.4 is 0 Å². The Kier molecular flexibility index (Phi) is 7.44. The molecule has 4 N–H and O–H groups in total. The fraction of sp³-hybridized carbons (Fsp3) is 0.909. The number of quaternary nitrogens is 1. The lowest BCUT2D eigenvalue weighted by atomic mass is 10.4. The topological polar surface area (TPSA) is 134 Å². The molecule has 0 radical (unpaired) electrons. The summed E-state index contributed by atoms with van der Waals surface area (Å²) in [4.78, 5) is 11.5. The minimum absolute atomic E-state index is 0.0952. The number of aliphatic carboxylic acids is 1. The first-order chi connectivity index (χ1) is 9.46. The first kappa shape index (κ1) is 20.5. The van der Waals surface area contributed by atoms with Crippen LogP contribution >= 0.6 is 7.60 Å². The third-order valence-electron chi connectivity index (χ3n) is 2.72. The number of aliphatic hydroxyl groups excluding tert-OH is 2. The second-order valence-electron chi connectivity index (χ2n) is 5.42. The Balaban J connectivity index is 5.63. The van der Waals surface area contributed by atoms with E-state index < -0.39 is 42.8 Å². The predicted molar refractivity (Wildman–Crippen MR) is 73.5 cm³/mol. The molecule has 0 aromatic rings. The van der Waals surface area contributed by atoms with E-state index in [1.165, 1.54) is 21.1 Å². The second kappa shape index (κ2) is 7.64. The van der Waals surface area contributed by atoms with Crippen molar-refractivity contribution in [3.8, 4) is 0 Å². The number of nitrogens with zero attached hydrogens (tertiary/aromatic N) is 1. The van der Waals surface area contributed by atoms with Gasteiger partial charge in [0.1, 0.15) is 6.10 Å². The molecule has 9 nitrogen and oxygen atoms in total.